The molecule has 7 heteroatoms. The zero-order valence-corrected chi connectivity index (χ0v) is 17.0. The molecule has 2 heterocycles. The zero-order valence-electron chi connectivity index (χ0n) is 17.0. The van der Waals surface area contributed by atoms with Gasteiger partial charge in [-0.05, 0) is 62.6 Å². The number of carbonyl (C=O) groups excluding carboxylic acids is 2. The highest BCUT2D eigenvalue weighted by atomic mass is 19.1. The third-order valence-electron chi connectivity index (χ3n) is 5.93. The van der Waals surface area contributed by atoms with Gasteiger partial charge in [-0.1, -0.05) is 6.42 Å². The second-order valence-corrected chi connectivity index (χ2v) is 7.76. The number of carbonyl (C=O) groups is 2. The Morgan fingerprint density at radius 2 is 1.97 bits per heavy atom. The van der Waals surface area contributed by atoms with E-state index in [-0.39, 0.29) is 24.2 Å². The Morgan fingerprint density at radius 1 is 1.13 bits per heavy atom. The van der Waals surface area contributed by atoms with Crippen molar-refractivity contribution >= 4 is 17.5 Å². The Labute approximate surface area is 174 Å². The molecule has 30 heavy (non-hydrogen) atoms. The molecule has 5 nitrogen and oxygen atoms in total. The molecule has 1 N–H and O–H groups in total. The van der Waals surface area contributed by atoms with Crippen LogP contribution in [0.5, 0.6) is 0 Å². The fourth-order valence-corrected chi connectivity index (χ4v) is 4.40. The topological polar surface area (TPSA) is 52.7 Å². The van der Waals surface area contributed by atoms with Crippen molar-refractivity contribution in [2.75, 3.05) is 18.0 Å². The van der Waals surface area contributed by atoms with E-state index in [1.54, 1.807) is 18.2 Å². The highest BCUT2D eigenvalue weighted by Crippen LogP contribution is 2.35. The first-order valence-electron chi connectivity index (χ1n) is 10.4. The summed E-state index contributed by atoms with van der Waals surface area (Å²) in [6.45, 7) is 3.40. The van der Waals surface area contributed by atoms with Gasteiger partial charge >= 0.3 is 0 Å². The van der Waals surface area contributed by atoms with Gasteiger partial charge in [-0.25, -0.2) is 8.78 Å². The van der Waals surface area contributed by atoms with Crippen LogP contribution in [-0.2, 0) is 6.54 Å². The van der Waals surface area contributed by atoms with Crippen molar-refractivity contribution < 1.29 is 18.4 Å². The van der Waals surface area contributed by atoms with E-state index in [0.29, 0.717) is 11.1 Å². The lowest BCUT2D eigenvalue weighted by atomic mass is 10.0. The van der Waals surface area contributed by atoms with Gasteiger partial charge in [0.25, 0.3) is 11.8 Å². The molecule has 0 aliphatic carbocycles. The van der Waals surface area contributed by atoms with E-state index in [1.165, 1.54) is 0 Å². The molecule has 2 aromatic rings. The third-order valence-corrected chi connectivity index (χ3v) is 5.93. The molecule has 4 rings (SSSR count). The van der Waals surface area contributed by atoms with Crippen molar-refractivity contribution in [2.24, 2.45) is 0 Å². The molecule has 2 amide bonds. The molecule has 2 aliphatic rings. The van der Waals surface area contributed by atoms with Gasteiger partial charge in [-0.2, -0.15) is 0 Å². The van der Waals surface area contributed by atoms with Crippen molar-refractivity contribution in [3.63, 3.8) is 0 Å². The number of fused-ring (bicyclic) bond motifs is 2. The van der Waals surface area contributed by atoms with Crippen molar-refractivity contribution in [1.29, 1.82) is 0 Å². The number of rotatable bonds is 4. The summed E-state index contributed by atoms with van der Waals surface area (Å²) in [7, 11) is 0. The Balaban J connectivity index is 1.58. The van der Waals surface area contributed by atoms with E-state index in [4.69, 9.17) is 0 Å². The molecule has 1 atom stereocenters. The first-order valence-corrected chi connectivity index (χ1v) is 10.4. The van der Waals surface area contributed by atoms with E-state index in [1.807, 2.05) is 11.8 Å². The quantitative estimate of drug-likeness (QED) is 0.822. The van der Waals surface area contributed by atoms with Gasteiger partial charge in [0.2, 0.25) is 0 Å². The fraction of sp³-hybridized carbons (Fsp3) is 0.391. The van der Waals surface area contributed by atoms with Gasteiger partial charge in [0, 0.05) is 30.8 Å². The summed E-state index contributed by atoms with van der Waals surface area (Å²) in [5.41, 5.74) is 1.83. The molecule has 2 aromatic carbocycles. The van der Waals surface area contributed by atoms with Crippen LogP contribution in [-0.4, -0.2) is 36.0 Å². The summed E-state index contributed by atoms with van der Waals surface area (Å²) in [5, 5.41) is 2.64. The molecule has 0 radical (unpaired) electrons. The predicted molar refractivity (Wildman–Crippen MR) is 110 cm³/mol. The van der Waals surface area contributed by atoms with E-state index in [2.05, 4.69) is 10.2 Å². The Hall–Kier alpha value is -2.96. The highest BCUT2D eigenvalue weighted by Gasteiger charge is 2.37. The summed E-state index contributed by atoms with van der Waals surface area (Å²) in [6.07, 6.45) is 4.11. The van der Waals surface area contributed by atoms with E-state index in [9.17, 15) is 18.4 Å². The van der Waals surface area contributed by atoms with Crippen LogP contribution < -0.4 is 10.2 Å². The number of amides is 2. The van der Waals surface area contributed by atoms with Crippen LogP contribution >= 0.6 is 0 Å². The van der Waals surface area contributed by atoms with Gasteiger partial charge in [0.1, 0.15) is 17.8 Å². The molecule has 0 spiro atoms. The van der Waals surface area contributed by atoms with Crippen LogP contribution in [0.3, 0.4) is 0 Å². The lowest BCUT2D eigenvalue weighted by molar-refractivity contribution is 0.0656. The van der Waals surface area contributed by atoms with E-state index < -0.39 is 17.5 Å². The lowest BCUT2D eigenvalue weighted by Crippen LogP contribution is -2.55. The number of anilines is 1. The fourth-order valence-electron chi connectivity index (χ4n) is 4.40. The minimum atomic E-state index is -0.571. The van der Waals surface area contributed by atoms with Crippen molar-refractivity contribution in [2.45, 2.75) is 45.3 Å². The van der Waals surface area contributed by atoms with Crippen LogP contribution in [0.4, 0.5) is 14.5 Å². The van der Waals surface area contributed by atoms with Gasteiger partial charge in [-0.3, -0.25) is 9.59 Å². The first kappa shape index (κ1) is 20.3. The van der Waals surface area contributed by atoms with Gasteiger partial charge in [0.15, 0.2) is 0 Å². The number of nitrogens with zero attached hydrogens (tertiary/aromatic N) is 2. The van der Waals surface area contributed by atoms with Crippen molar-refractivity contribution in [1.82, 2.24) is 10.2 Å². The summed E-state index contributed by atoms with van der Waals surface area (Å²) < 4.78 is 27.2. The third kappa shape index (κ3) is 3.76. The molecule has 0 bridgehead atoms. The molecule has 0 saturated carbocycles. The second-order valence-electron chi connectivity index (χ2n) is 7.76. The largest absolute Gasteiger partial charge is 0.351 e. The van der Waals surface area contributed by atoms with Crippen molar-refractivity contribution in [3.8, 4) is 0 Å². The maximum atomic E-state index is 13.8. The summed E-state index contributed by atoms with van der Waals surface area (Å²) in [5.74, 6) is -1.51. The van der Waals surface area contributed by atoms with Crippen LogP contribution in [0, 0.1) is 11.6 Å². The SMILES string of the molecule is CCN1c2cc(C(=O)NCc3cc(F)ccc3F)ccc2C(=O)N2CCCCC[C@@H]21. The number of nitrogens with one attached hydrogen (secondary N) is 1. The molecule has 0 aromatic heterocycles. The lowest BCUT2D eigenvalue weighted by Gasteiger charge is -2.44. The highest BCUT2D eigenvalue weighted by molar-refractivity contribution is 6.04. The van der Waals surface area contributed by atoms with Gasteiger partial charge in [0.05, 0.1) is 11.3 Å². The summed E-state index contributed by atoms with van der Waals surface area (Å²) in [4.78, 5) is 29.9. The van der Waals surface area contributed by atoms with Crippen LogP contribution in [0.15, 0.2) is 36.4 Å². The molecule has 1 fully saturated rings. The molecule has 158 valence electrons. The van der Waals surface area contributed by atoms with E-state index >= 15 is 0 Å². The Morgan fingerprint density at radius 3 is 2.77 bits per heavy atom. The van der Waals surface area contributed by atoms with Crippen LogP contribution in [0.2, 0.25) is 0 Å². The smallest absolute Gasteiger partial charge is 0.257 e. The van der Waals surface area contributed by atoms with Gasteiger partial charge in [-0.15, -0.1) is 0 Å². The minimum Gasteiger partial charge on any atom is -0.351 e. The van der Waals surface area contributed by atoms with Gasteiger partial charge < -0.3 is 15.1 Å². The summed E-state index contributed by atoms with van der Waals surface area (Å²) >= 11 is 0. The molecule has 0 unspecified atom stereocenters. The normalized spacial score (nSPS) is 18.5. The van der Waals surface area contributed by atoms with E-state index in [0.717, 1.165) is 62.7 Å². The molecule has 1 saturated heterocycles. The number of hydrogen-bond acceptors (Lipinski definition) is 3. The standard InChI is InChI=1S/C23H25F2N3O2/c1-2-27-20-13-15(22(29)26-14-16-12-17(24)8-10-19(16)25)7-9-18(20)23(30)28-11-5-3-4-6-21(27)28/h7-10,12-13,21H,2-6,11,14H2,1H3,(H,26,29)/t21-/m1/s1. The monoisotopic (exact) mass is 413 g/mol. The minimum absolute atomic E-state index is 0.00962. The number of halogens is 2. The molecular formula is C23H25F2N3O2. The van der Waals surface area contributed by atoms with Crippen LogP contribution in [0.25, 0.3) is 0 Å². The second kappa shape index (κ2) is 8.42. The number of benzene rings is 2. The Bertz CT molecular complexity index is 979. The summed E-state index contributed by atoms with van der Waals surface area (Å²) in [6, 6.07) is 8.19. The Kier molecular flexibility index (Phi) is 5.70. The van der Waals surface area contributed by atoms with Crippen LogP contribution in [0.1, 0.15) is 58.9 Å². The average molecular weight is 413 g/mol. The molecular weight excluding hydrogens is 388 g/mol. The number of hydrogen-bond donors (Lipinski definition) is 1. The maximum Gasteiger partial charge on any atom is 0.257 e. The average Bonchev–Trinajstić information content (AvgIpc) is 3.00. The maximum absolute atomic E-state index is 13.8. The van der Waals surface area contributed by atoms with Crippen molar-refractivity contribution in [3.05, 3.63) is 64.7 Å². The predicted octanol–water partition coefficient (Wildman–Crippen LogP) is 4.08. The zero-order chi connectivity index (χ0) is 21.3. The molecule has 2 aliphatic heterocycles. The first-order chi connectivity index (χ1) is 14.5.